The third-order valence-electron chi connectivity index (χ3n) is 1.17. The van der Waals surface area contributed by atoms with Crippen molar-refractivity contribution in [3.63, 3.8) is 0 Å². The molecule has 0 aromatic carbocycles. The fourth-order valence-electron chi connectivity index (χ4n) is 0.668. The summed E-state index contributed by atoms with van der Waals surface area (Å²) in [5.41, 5.74) is 2.44. The second-order valence-electron chi connectivity index (χ2n) is 2.24. The van der Waals surface area contributed by atoms with E-state index in [1.807, 2.05) is 0 Å². The van der Waals surface area contributed by atoms with Gasteiger partial charge in [0.1, 0.15) is 6.04 Å². The van der Waals surface area contributed by atoms with Crippen molar-refractivity contribution in [2.75, 3.05) is 0 Å². The number of rotatable bonds is 4. The van der Waals surface area contributed by atoms with Gasteiger partial charge in [0.25, 0.3) is 0 Å². The van der Waals surface area contributed by atoms with Crippen LogP contribution in [0.5, 0.6) is 0 Å². The molecule has 0 aliphatic heterocycles. The van der Waals surface area contributed by atoms with Gasteiger partial charge in [0.2, 0.25) is 5.91 Å². The summed E-state index contributed by atoms with van der Waals surface area (Å²) in [6.45, 7) is 4.56. The molecule has 0 aromatic rings. The van der Waals surface area contributed by atoms with Gasteiger partial charge in [-0.25, -0.2) is 4.79 Å². The number of hydrogen-bond acceptors (Lipinski definition) is 2. The number of carboxylic acid groups (broad SMARTS) is 1. The predicted octanol–water partition coefficient (Wildman–Crippen LogP) is 0.307. The maximum atomic E-state index is 10.5. The monoisotopic (exact) mass is 169 g/mol. The van der Waals surface area contributed by atoms with Gasteiger partial charge >= 0.3 is 5.97 Å². The molecule has 0 rings (SSSR count). The molecule has 0 aliphatic carbocycles. The average Bonchev–Trinajstić information content (AvgIpc) is 1.96. The second-order valence-corrected chi connectivity index (χ2v) is 2.24. The first-order chi connectivity index (χ1) is 5.57. The molecule has 0 heterocycles. The van der Waals surface area contributed by atoms with Crippen molar-refractivity contribution in [1.82, 2.24) is 5.32 Å². The first kappa shape index (κ1) is 10.5. The molecule has 4 heteroatoms. The molecule has 0 spiro atoms. The summed E-state index contributed by atoms with van der Waals surface area (Å²) in [6, 6.07) is -0.878. The molecule has 0 saturated heterocycles. The molecule has 0 aromatic heterocycles. The molecule has 4 nitrogen and oxygen atoms in total. The summed E-state index contributed by atoms with van der Waals surface area (Å²) in [7, 11) is 0. The van der Waals surface area contributed by atoms with Crippen LogP contribution in [-0.2, 0) is 9.59 Å². The minimum Gasteiger partial charge on any atom is -0.480 e. The third-order valence-corrected chi connectivity index (χ3v) is 1.17. The Morgan fingerprint density at radius 1 is 1.75 bits per heavy atom. The van der Waals surface area contributed by atoms with E-state index in [0.717, 1.165) is 0 Å². The van der Waals surface area contributed by atoms with E-state index in [9.17, 15) is 9.59 Å². The lowest BCUT2D eigenvalue weighted by atomic mass is 10.2. The Hall–Kier alpha value is -1.54. The van der Waals surface area contributed by atoms with E-state index in [4.69, 9.17) is 5.11 Å². The highest BCUT2D eigenvalue weighted by Crippen LogP contribution is 1.92. The predicted molar refractivity (Wildman–Crippen MR) is 43.6 cm³/mol. The number of hydrogen-bond donors (Lipinski definition) is 2. The minimum atomic E-state index is -1.06. The molecular formula is C8H11NO3. The number of aliphatic carboxylic acids is 1. The van der Waals surface area contributed by atoms with Crippen molar-refractivity contribution in [2.45, 2.75) is 19.4 Å². The molecule has 12 heavy (non-hydrogen) atoms. The van der Waals surface area contributed by atoms with E-state index >= 15 is 0 Å². The topological polar surface area (TPSA) is 66.4 Å². The average molecular weight is 169 g/mol. The number of carbonyl (C=O) groups is 2. The molecule has 0 radical (unpaired) electrons. The van der Waals surface area contributed by atoms with Gasteiger partial charge in [0.15, 0.2) is 0 Å². The van der Waals surface area contributed by atoms with Crippen LogP contribution in [0.2, 0.25) is 0 Å². The van der Waals surface area contributed by atoms with Gasteiger partial charge in [-0.3, -0.25) is 4.79 Å². The Kier molecular flexibility index (Phi) is 4.49. The standard InChI is InChI=1S/C8H11NO3/c1-3-4-5-7(8(11)12)9-6(2)10/h4,7H,1,5H2,2H3,(H,9,10)(H,11,12). The molecular weight excluding hydrogens is 158 g/mol. The maximum Gasteiger partial charge on any atom is 0.326 e. The Balaban J connectivity index is 4.13. The largest absolute Gasteiger partial charge is 0.480 e. The summed E-state index contributed by atoms with van der Waals surface area (Å²) >= 11 is 0. The van der Waals surface area contributed by atoms with Gasteiger partial charge in [-0.1, -0.05) is 6.58 Å². The molecule has 66 valence electrons. The molecule has 1 amide bonds. The first-order valence-electron chi connectivity index (χ1n) is 3.42. The zero-order valence-corrected chi connectivity index (χ0v) is 6.83. The maximum absolute atomic E-state index is 10.5. The summed E-state index contributed by atoms with van der Waals surface area (Å²) in [6.07, 6.45) is 1.67. The van der Waals surface area contributed by atoms with Crippen LogP contribution in [0.15, 0.2) is 18.4 Å². The van der Waals surface area contributed by atoms with E-state index in [-0.39, 0.29) is 12.3 Å². The van der Waals surface area contributed by atoms with Crippen LogP contribution in [0, 0.1) is 0 Å². The SMILES string of the molecule is C=C=CCC(NC(C)=O)C(=O)O. The van der Waals surface area contributed by atoms with Crippen molar-refractivity contribution in [2.24, 2.45) is 0 Å². The van der Waals surface area contributed by atoms with Crippen LogP contribution >= 0.6 is 0 Å². The van der Waals surface area contributed by atoms with Crippen molar-refractivity contribution >= 4 is 11.9 Å². The van der Waals surface area contributed by atoms with Crippen LogP contribution < -0.4 is 5.32 Å². The normalized spacial score (nSPS) is 11.1. The Morgan fingerprint density at radius 2 is 2.33 bits per heavy atom. The Bertz CT molecular complexity index is 224. The number of amides is 1. The molecule has 0 aliphatic rings. The lowest BCUT2D eigenvalue weighted by Gasteiger charge is -2.09. The highest BCUT2D eigenvalue weighted by Gasteiger charge is 2.15. The lowest BCUT2D eigenvalue weighted by Crippen LogP contribution is -2.39. The third kappa shape index (κ3) is 4.30. The fourth-order valence-corrected chi connectivity index (χ4v) is 0.668. The number of carbonyl (C=O) groups excluding carboxylic acids is 1. The number of carboxylic acids is 1. The van der Waals surface area contributed by atoms with E-state index < -0.39 is 12.0 Å². The zero-order chi connectivity index (χ0) is 9.56. The number of nitrogens with one attached hydrogen (secondary N) is 1. The van der Waals surface area contributed by atoms with Gasteiger partial charge < -0.3 is 10.4 Å². The summed E-state index contributed by atoms with van der Waals surface area (Å²) < 4.78 is 0. The van der Waals surface area contributed by atoms with E-state index in [0.29, 0.717) is 0 Å². The molecule has 2 N–H and O–H groups in total. The van der Waals surface area contributed by atoms with Crippen molar-refractivity contribution in [1.29, 1.82) is 0 Å². The highest BCUT2D eigenvalue weighted by atomic mass is 16.4. The Labute approximate surface area is 70.6 Å². The van der Waals surface area contributed by atoms with Crippen molar-refractivity contribution in [3.05, 3.63) is 18.4 Å². The van der Waals surface area contributed by atoms with Gasteiger partial charge in [-0.05, 0) is 6.08 Å². The molecule has 0 saturated carbocycles. The molecule has 1 atom stereocenters. The van der Waals surface area contributed by atoms with E-state index in [1.165, 1.54) is 13.0 Å². The summed E-state index contributed by atoms with van der Waals surface area (Å²) in [5, 5.41) is 10.8. The smallest absolute Gasteiger partial charge is 0.326 e. The summed E-state index contributed by atoms with van der Waals surface area (Å²) in [5.74, 6) is -1.42. The molecule has 0 fully saturated rings. The summed E-state index contributed by atoms with van der Waals surface area (Å²) in [4.78, 5) is 21.0. The van der Waals surface area contributed by atoms with Crippen molar-refractivity contribution in [3.8, 4) is 0 Å². The highest BCUT2D eigenvalue weighted by molar-refractivity contribution is 5.82. The minimum absolute atomic E-state index is 0.207. The van der Waals surface area contributed by atoms with Crippen LogP contribution in [0.25, 0.3) is 0 Å². The Morgan fingerprint density at radius 3 is 2.67 bits per heavy atom. The van der Waals surface area contributed by atoms with E-state index in [1.54, 1.807) is 0 Å². The fraction of sp³-hybridized carbons (Fsp3) is 0.375. The second kappa shape index (κ2) is 5.16. The quantitative estimate of drug-likeness (QED) is 0.595. The van der Waals surface area contributed by atoms with Gasteiger partial charge in [0.05, 0.1) is 0 Å². The van der Waals surface area contributed by atoms with Gasteiger partial charge in [-0.15, -0.1) is 5.73 Å². The van der Waals surface area contributed by atoms with Crippen LogP contribution in [0.4, 0.5) is 0 Å². The van der Waals surface area contributed by atoms with Crippen molar-refractivity contribution < 1.29 is 14.7 Å². The molecule has 1 unspecified atom stereocenters. The molecule has 0 bridgehead atoms. The zero-order valence-electron chi connectivity index (χ0n) is 6.83. The van der Waals surface area contributed by atoms with Crippen LogP contribution in [0.1, 0.15) is 13.3 Å². The van der Waals surface area contributed by atoms with Crippen LogP contribution in [-0.4, -0.2) is 23.0 Å². The van der Waals surface area contributed by atoms with Gasteiger partial charge in [0, 0.05) is 13.3 Å². The first-order valence-corrected chi connectivity index (χ1v) is 3.42. The van der Waals surface area contributed by atoms with E-state index in [2.05, 4.69) is 17.6 Å². The van der Waals surface area contributed by atoms with Crippen LogP contribution in [0.3, 0.4) is 0 Å². The lowest BCUT2D eigenvalue weighted by molar-refractivity contribution is -0.141. The van der Waals surface area contributed by atoms with Gasteiger partial charge in [-0.2, -0.15) is 0 Å².